The van der Waals surface area contributed by atoms with E-state index >= 15 is 0 Å². The molecule has 18 heavy (non-hydrogen) atoms. The van der Waals surface area contributed by atoms with E-state index < -0.39 is 0 Å². The van der Waals surface area contributed by atoms with Gasteiger partial charge in [0.15, 0.2) is 0 Å². The molecule has 2 rings (SSSR count). The number of rotatable bonds is 3. The fourth-order valence-electron chi connectivity index (χ4n) is 1.74. The van der Waals surface area contributed by atoms with Crippen LogP contribution in [0.4, 0.5) is 0 Å². The lowest BCUT2D eigenvalue weighted by Gasteiger charge is -2.17. The highest BCUT2D eigenvalue weighted by Gasteiger charge is 2.15. The van der Waals surface area contributed by atoms with Crippen molar-refractivity contribution in [2.45, 2.75) is 13.5 Å². The zero-order chi connectivity index (χ0) is 13.1. The molecule has 2 aromatic rings. The summed E-state index contributed by atoms with van der Waals surface area (Å²) in [5.74, 6) is -0.0452. The number of aryl methyl sites for hydroxylation is 1. The normalized spacial score (nSPS) is 10.4. The van der Waals surface area contributed by atoms with Gasteiger partial charge in [0.1, 0.15) is 0 Å². The van der Waals surface area contributed by atoms with Crippen LogP contribution in [0, 0.1) is 6.92 Å². The molecule has 0 fully saturated rings. The Hall–Kier alpha value is -1.81. The molecule has 94 valence electrons. The van der Waals surface area contributed by atoms with Gasteiger partial charge in [0.2, 0.25) is 0 Å². The molecular formula is C13H14ClN3O. The predicted molar refractivity (Wildman–Crippen MR) is 70.6 cm³/mol. The van der Waals surface area contributed by atoms with Gasteiger partial charge in [-0.15, -0.1) is 0 Å². The summed E-state index contributed by atoms with van der Waals surface area (Å²) in [6, 6.07) is 5.33. The van der Waals surface area contributed by atoms with Crippen molar-refractivity contribution in [2.75, 3.05) is 7.05 Å². The molecule has 0 saturated heterocycles. The summed E-state index contributed by atoms with van der Waals surface area (Å²) in [5.41, 5.74) is 2.52. The van der Waals surface area contributed by atoms with E-state index in [2.05, 4.69) is 10.2 Å². The van der Waals surface area contributed by atoms with Gasteiger partial charge in [-0.3, -0.25) is 9.89 Å². The molecule has 0 radical (unpaired) electrons. The Morgan fingerprint density at radius 3 is 2.94 bits per heavy atom. The Labute approximate surface area is 111 Å². The summed E-state index contributed by atoms with van der Waals surface area (Å²) in [7, 11) is 1.76. The smallest absolute Gasteiger partial charge is 0.254 e. The minimum atomic E-state index is -0.0452. The van der Waals surface area contributed by atoms with Crippen LogP contribution in [-0.2, 0) is 6.54 Å². The first-order chi connectivity index (χ1) is 8.58. The van der Waals surface area contributed by atoms with Gasteiger partial charge in [-0.25, -0.2) is 0 Å². The van der Waals surface area contributed by atoms with Gasteiger partial charge in [0.25, 0.3) is 5.91 Å². The third kappa shape index (κ3) is 2.71. The number of carbonyl (C=O) groups excluding carboxylic acids is 1. The van der Waals surface area contributed by atoms with Crippen LogP contribution in [0.1, 0.15) is 21.5 Å². The van der Waals surface area contributed by atoms with E-state index in [0.717, 1.165) is 11.1 Å². The minimum absolute atomic E-state index is 0.0452. The lowest BCUT2D eigenvalue weighted by molar-refractivity contribution is 0.0784. The van der Waals surface area contributed by atoms with Crippen LogP contribution in [0.5, 0.6) is 0 Å². The summed E-state index contributed by atoms with van der Waals surface area (Å²) in [4.78, 5) is 13.9. The maximum Gasteiger partial charge on any atom is 0.254 e. The van der Waals surface area contributed by atoms with Crippen LogP contribution >= 0.6 is 11.6 Å². The van der Waals surface area contributed by atoms with Crippen LogP contribution < -0.4 is 0 Å². The quantitative estimate of drug-likeness (QED) is 0.926. The summed E-state index contributed by atoms with van der Waals surface area (Å²) in [5, 5.41) is 7.15. The monoisotopic (exact) mass is 263 g/mol. The van der Waals surface area contributed by atoms with Gasteiger partial charge in [-0.2, -0.15) is 5.10 Å². The SMILES string of the molecule is Cc1ccc(Cl)cc1C(=O)N(C)Cc1cn[nH]c1. The maximum atomic E-state index is 12.3. The summed E-state index contributed by atoms with van der Waals surface area (Å²) >= 11 is 5.92. The Kier molecular flexibility index (Phi) is 3.67. The van der Waals surface area contributed by atoms with Crippen LogP contribution in [0.3, 0.4) is 0 Å². The zero-order valence-electron chi connectivity index (χ0n) is 10.3. The number of hydrogen-bond acceptors (Lipinski definition) is 2. The molecule has 0 aliphatic carbocycles. The van der Waals surface area contributed by atoms with Crippen LogP contribution in [0.15, 0.2) is 30.6 Å². The standard InChI is InChI=1S/C13H14ClN3O/c1-9-3-4-11(14)5-12(9)13(18)17(2)8-10-6-15-16-7-10/h3-7H,8H2,1-2H3,(H,15,16). The lowest BCUT2D eigenvalue weighted by Crippen LogP contribution is -2.26. The molecule has 0 unspecified atom stereocenters. The zero-order valence-corrected chi connectivity index (χ0v) is 11.0. The van der Waals surface area contributed by atoms with Crippen molar-refractivity contribution in [3.8, 4) is 0 Å². The molecule has 0 aliphatic heterocycles. The average Bonchev–Trinajstić information content (AvgIpc) is 2.84. The van der Waals surface area contributed by atoms with Gasteiger partial charge < -0.3 is 4.90 Å². The van der Waals surface area contributed by atoms with Crippen molar-refractivity contribution in [1.29, 1.82) is 0 Å². The predicted octanol–water partition coefficient (Wildman–Crippen LogP) is 2.64. The molecule has 0 saturated carbocycles. The van der Waals surface area contributed by atoms with Crippen LogP contribution in [0.25, 0.3) is 0 Å². The Morgan fingerprint density at radius 2 is 2.28 bits per heavy atom. The molecule has 1 N–H and O–H groups in total. The number of amides is 1. The Morgan fingerprint density at radius 1 is 1.50 bits per heavy atom. The number of halogens is 1. The van der Waals surface area contributed by atoms with Crippen molar-refractivity contribution >= 4 is 17.5 Å². The van der Waals surface area contributed by atoms with E-state index in [4.69, 9.17) is 11.6 Å². The second-order valence-corrected chi connectivity index (χ2v) is 4.66. The highest BCUT2D eigenvalue weighted by atomic mass is 35.5. The first-order valence-electron chi connectivity index (χ1n) is 5.57. The number of benzene rings is 1. The highest BCUT2D eigenvalue weighted by molar-refractivity contribution is 6.31. The van der Waals surface area contributed by atoms with Crippen molar-refractivity contribution in [2.24, 2.45) is 0 Å². The number of nitrogens with one attached hydrogen (secondary N) is 1. The Bertz CT molecular complexity index is 551. The largest absolute Gasteiger partial charge is 0.337 e. The molecule has 1 aromatic carbocycles. The molecule has 1 heterocycles. The molecule has 0 bridgehead atoms. The van der Waals surface area contributed by atoms with Gasteiger partial charge in [-0.1, -0.05) is 17.7 Å². The van der Waals surface area contributed by atoms with E-state index in [1.165, 1.54) is 0 Å². The molecular weight excluding hydrogens is 250 g/mol. The first kappa shape index (κ1) is 12.6. The van der Waals surface area contributed by atoms with Crippen LogP contribution in [-0.4, -0.2) is 28.1 Å². The first-order valence-corrected chi connectivity index (χ1v) is 5.95. The van der Waals surface area contributed by atoms with E-state index in [1.807, 2.05) is 13.0 Å². The van der Waals surface area contributed by atoms with Crippen molar-refractivity contribution < 1.29 is 4.79 Å². The van der Waals surface area contributed by atoms with Crippen molar-refractivity contribution in [1.82, 2.24) is 15.1 Å². The lowest BCUT2D eigenvalue weighted by atomic mass is 10.1. The third-order valence-corrected chi connectivity index (χ3v) is 2.99. The summed E-state index contributed by atoms with van der Waals surface area (Å²) in [6.07, 6.45) is 3.48. The van der Waals surface area contributed by atoms with Gasteiger partial charge in [0.05, 0.1) is 6.20 Å². The second-order valence-electron chi connectivity index (χ2n) is 4.23. The summed E-state index contributed by atoms with van der Waals surface area (Å²) < 4.78 is 0. The molecule has 1 aromatic heterocycles. The molecule has 1 amide bonds. The van der Waals surface area contributed by atoms with Gasteiger partial charge in [0, 0.05) is 35.9 Å². The fourth-order valence-corrected chi connectivity index (χ4v) is 1.91. The minimum Gasteiger partial charge on any atom is -0.337 e. The topological polar surface area (TPSA) is 49.0 Å². The number of H-pyrrole nitrogens is 1. The maximum absolute atomic E-state index is 12.3. The number of aromatic amines is 1. The average molecular weight is 264 g/mol. The Balaban J connectivity index is 2.17. The van der Waals surface area contributed by atoms with Crippen molar-refractivity contribution in [3.63, 3.8) is 0 Å². The number of hydrogen-bond donors (Lipinski definition) is 1. The third-order valence-electron chi connectivity index (χ3n) is 2.75. The molecule has 0 aliphatic rings. The number of nitrogens with zero attached hydrogens (tertiary/aromatic N) is 2. The molecule has 0 atom stereocenters. The number of aromatic nitrogens is 2. The molecule has 4 nitrogen and oxygen atoms in total. The van der Waals surface area contributed by atoms with E-state index in [9.17, 15) is 4.79 Å². The van der Waals surface area contributed by atoms with E-state index in [0.29, 0.717) is 17.1 Å². The number of carbonyl (C=O) groups is 1. The van der Waals surface area contributed by atoms with Crippen LogP contribution in [0.2, 0.25) is 5.02 Å². The molecule has 5 heteroatoms. The fraction of sp³-hybridized carbons (Fsp3) is 0.231. The van der Waals surface area contributed by atoms with Gasteiger partial charge in [-0.05, 0) is 24.6 Å². The highest BCUT2D eigenvalue weighted by Crippen LogP contribution is 2.17. The summed E-state index contributed by atoms with van der Waals surface area (Å²) in [6.45, 7) is 2.41. The molecule has 0 spiro atoms. The van der Waals surface area contributed by atoms with E-state index in [-0.39, 0.29) is 5.91 Å². The second kappa shape index (κ2) is 5.23. The van der Waals surface area contributed by atoms with Gasteiger partial charge >= 0.3 is 0 Å². The van der Waals surface area contributed by atoms with Crippen molar-refractivity contribution in [3.05, 3.63) is 52.3 Å². The van der Waals surface area contributed by atoms with E-state index in [1.54, 1.807) is 36.5 Å².